The van der Waals surface area contributed by atoms with E-state index in [-0.39, 0.29) is 24.3 Å². The highest BCUT2D eigenvalue weighted by Gasteiger charge is 2.51. The third kappa shape index (κ3) is 4.17. The van der Waals surface area contributed by atoms with Gasteiger partial charge in [-0.2, -0.15) is 0 Å². The van der Waals surface area contributed by atoms with E-state index in [1.807, 2.05) is 4.90 Å². The lowest BCUT2D eigenvalue weighted by Gasteiger charge is -2.31. The summed E-state index contributed by atoms with van der Waals surface area (Å²) >= 11 is 0. The Hall–Kier alpha value is -1.39. The first-order valence-corrected chi connectivity index (χ1v) is 9.38. The molecule has 2 fully saturated rings. The molecule has 0 bridgehead atoms. The first-order chi connectivity index (χ1) is 11.2. The van der Waals surface area contributed by atoms with Crippen LogP contribution in [0.25, 0.3) is 0 Å². The predicted octanol–water partition coefficient (Wildman–Crippen LogP) is 2.84. The minimum Gasteiger partial charge on any atom is -0.341 e. The van der Waals surface area contributed by atoms with Crippen LogP contribution >= 0.6 is 0 Å². The van der Waals surface area contributed by atoms with E-state index in [4.69, 9.17) is 0 Å². The van der Waals surface area contributed by atoms with Crippen LogP contribution < -0.4 is 0 Å². The van der Waals surface area contributed by atoms with Crippen molar-refractivity contribution in [2.24, 2.45) is 17.3 Å². The lowest BCUT2D eigenvalue weighted by atomic mass is 9.73. The number of likely N-dealkylation sites (tertiary alicyclic amines) is 1. The van der Waals surface area contributed by atoms with E-state index in [2.05, 4.69) is 27.7 Å². The molecule has 0 radical (unpaired) electrons. The Kier molecular flexibility index (Phi) is 6.05. The third-order valence-electron chi connectivity index (χ3n) is 5.12. The summed E-state index contributed by atoms with van der Waals surface area (Å²) in [6.07, 6.45) is 5.04. The Bertz CT molecular complexity index is 483. The van der Waals surface area contributed by atoms with Gasteiger partial charge in [0.2, 0.25) is 17.7 Å². The molecule has 0 atom stereocenters. The monoisotopic (exact) mass is 336 g/mol. The maximum Gasteiger partial charge on any atom is 0.242 e. The number of amides is 3. The molecular formula is C19H32N2O3. The molecule has 0 aromatic carbocycles. The zero-order valence-electron chi connectivity index (χ0n) is 15.6. The van der Waals surface area contributed by atoms with E-state index < -0.39 is 5.41 Å². The number of hydrogen-bond donors (Lipinski definition) is 0. The van der Waals surface area contributed by atoms with E-state index in [1.54, 1.807) is 0 Å². The highest BCUT2D eigenvalue weighted by molar-refractivity contribution is 6.08. The van der Waals surface area contributed by atoms with Gasteiger partial charge < -0.3 is 4.90 Å². The lowest BCUT2D eigenvalue weighted by molar-refractivity contribution is -0.148. The summed E-state index contributed by atoms with van der Waals surface area (Å²) in [5, 5.41) is 0. The zero-order valence-corrected chi connectivity index (χ0v) is 15.6. The molecule has 1 saturated heterocycles. The van der Waals surface area contributed by atoms with Gasteiger partial charge in [0.25, 0.3) is 0 Å². The third-order valence-corrected chi connectivity index (χ3v) is 5.12. The molecule has 2 rings (SSSR count). The summed E-state index contributed by atoms with van der Waals surface area (Å²) in [6.45, 7) is 9.54. The van der Waals surface area contributed by atoms with Crippen LogP contribution in [0.5, 0.6) is 0 Å². The number of hydrogen-bond acceptors (Lipinski definition) is 3. The molecular weight excluding hydrogens is 304 g/mol. The van der Waals surface area contributed by atoms with Crippen molar-refractivity contribution < 1.29 is 14.4 Å². The normalized spacial score (nSPS) is 20.5. The van der Waals surface area contributed by atoms with Gasteiger partial charge in [0.05, 0.1) is 5.41 Å². The van der Waals surface area contributed by atoms with Crippen molar-refractivity contribution in [1.82, 2.24) is 9.80 Å². The number of nitrogens with zero attached hydrogens (tertiary/aromatic N) is 2. The molecule has 1 saturated carbocycles. The fraction of sp³-hybridized carbons (Fsp3) is 0.842. The van der Waals surface area contributed by atoms with Crippen molar-refractivity contribution in [3.63, 3.8) is 0 Å². The van der Waals surface area contributed by atoms with Crippen molar-refractivity contribution in [2.45, 2.75) is 66.2 Å². The van der Waals surface area contributed by atoms with Gasteiger partial charge in [-0.3, -0.25) is 19.3 Å². The molecule has 3 amide bonds. The smallest absolute Gasteiger partial charge is 0.242 e. The van der Waals surface area contributed by atoms with Crippen LogP contribution in [-0.2, 0) is 14.4 Å². The van der Waals surface area contributed by atoms with E-state index in [9.17, 15) is 14.4 Å². The van der Waals surface area contributed by atoms with E-state index >= 15 is 0 Å². The molecule has 0 aromatic heterocycles. The predicted molar refractivity (Wildman–Crippen MR) is 93.1 cm³/mol. The molecule has 136 valence electrons. The van der Waals surface area contributed by atoms with Crippen LogP contribution in [0.15, 0.2) is 0 Å². The van der Waals surface area contributed by atoms with Crippen LogP contribution in [-0.4, -0.2) is 47.2 Å². The van der Waals surface area contributed by atoms with Crippen molar-refractivity contribution in [1.29, 1.82) is 0 Å². The maximum atomic E-state index is 12.8. The number of rotatable bonds is 6. The lowest BCUT2D eigenvalue weighted by Crippen LogP contribution is -2.46. The van der Waals surface area contributed by atoms with Crippen LogP contribution in [0.2, 0.25) is 0 Å². The molecule has 24 heavy (non-hydrogen) atoms. The largest absolute Gasteiger partial charge is 0.341 e. The first kappa shape index (κ1) is 18.9. The molecule has 1 aliphatic carbocycles. The quantitative estimate of drug-likeness (QED) is 0.701. The average Bonchev–Trinajstić information content (AvgIpc) is 2.71. The van der Waals surface area contributed by atoms with Gasteiger partial charge in [-0.15, -0.1) is 0 Å². The SMILES string of the molecule is CC(C)CN(CC(C)C)C(=O)CN1C(=O)CC2(CCCCC2)C1=O. The summed E-state index contributed by atoms with van der Waals surface area (Å²) in [7, 11) is 0. The van der Waals surface area contributed by atoms with Crippen LogP contribution in [0.1, 0.15) is 66.2 Å². The Balaban J connectivity index is 2.06. The van der Waals surface area contributed by atoms with Crippen molar-refractivity contribution in [3.8, 4) is 0 Å². The van der Waals surface area contributed by atoms with Gasteiger partial charge in [-0.1, -0.05) is 47.0 Å². The number of carbonyl (C=O) groups is 3. The second-order valence-electron chi connectivity index (χ2n) is 8.39. The van der Waals surface area contributed by atoms with Crippen LogP contribution in [0.4, 0.5) is 0 Å². The Morgan fingerprint density at radius 3 is 2.08 bits per heavy atom. The van der Waals surface area contributed by atoms with Crippen molar-refractivity contribution in [3.05, 3.63) is 0 Å². The minimum absolute atomic E-state index is 0.0845. The maximum absolute atomic E-state index is 12.8. The summed E-state index contributed by atoms with van der Waals surface area (Å²) in [4.78, 5) is 41.0. The van der Waals surface area contributed by atoms with Crippen molar-refractivity contribution in [2.75, 3.05) is 19.6 Å². The first-order valence-electron chi connectivity index (χ1n) is 9.38. The molecule has 5 heteroatoms. The standard InChI is InChI=1S/C19H32N2O3/c1-14(2)11-20(12-15(3)4)17(23)13-21-16(22)10-19(18(21)24)8-6-5-7-9-19/h14-15H,5-13H2,1-4H3. The number of carbonyl (C=O) groups excluding carboxylic acids is 3. The Morgan fingerprint density at radius 2 is 1.58 bits per heavy atom. The molecule has 2 aliphatic rings. The van der Waals surface area contributed by atoms with E-state index in [0.717, 1.165) is 32.1 Å². The summed E-state index contributed by atoms with van der Waals surface area (Å²) in [5.41, 5.74) is -0.503. The fourth-order valence-corrected chi connectivity index (χ4v) is 4.03. The highest BCUT2D eigenvalue weighted by atomic mass is 16.2. The molecule has 1 spiro atoms. The van der Waals surface area contributed by atoms with E-state index in [0.29, 0.717) is 31.3 Å². The second-order valence-corrected chi connectivity index (χ2v) is 8.39. The number of imide groups is 1. The molecule has 0 N–H and O–H groups in total. The molecule has 1 aliphatic heterocycles. The molecule has 0 aromatic rings. The summed E-state index contributed by atoms with van der Waals surface area (Å²) < 4.78 is 0. The fourth-order valence-electron chi connectivity index (χ4n) is 4.03. The van der Waals surface area contributed by atoms with Crippen LogP contribution in [0.3, 0.4) is 0 Å². The summed E-state index contributed by atoms with van der Waals surface area (Å²) in [6, 6.07) is 0. The van der Waals surface area contributed by atoms with Crippen molar-refractivity contribution >= 4 is 17.7 Å². The topological polar surface area (TPSA) is 57.7 Å². The van der Waals surface area contributed by atoms with Gasteiger partial charge in [0.1, 0.15) is 6.54 Å². The zero-order chi connectivity index (χ0) is 17.9. The van der Waals surface area contributed by atoms with Gasteiger partial charge in [-0.25, -0.2) is 0 Å². The van der Waals surface area contributed by atoms with Gasteiger partial charge in [0.15, 0.2) is 0 Å². The average molecular weight is 336 g/mol. The highest BCUT2D eigenvalue weighted by Crippen LogP contribution is 2.45. The molecule has 0 unspecified atom stereocenters. The van der Waals surface area contributed by atoms with Gasteiger partial charge >= 0.3 is 0 Å². The second kappa shape index (κ2) is 7.66. The minimum atomic E-state index is -0.503. The summed E-state index contributed by atoms with van der Waals surface area (Å²) in [5.74, 6) is 0.357. The Morgan fingerprint density at radius 1 is 1.04 bits per heavy atom. The van der Waals surface area contributed by atoms with Gasteiger partial charge in [-0.05, 0) is 24.7 Å². The van der Waals surface area contributed by atoms with Gasteiger partial charge in [0, 0.05) is 19.5 Å². The van der Waals surface area contributed by atoms with Crippen LogP contribution in [0, 0.1) is 17.3 Å². The van der Waals surface area contributed by atoms with E-state index in [1.165, 1.54) is 4.90 Å². The Labute approximate surface area is 145 Å². The molecule has 5 nitrogen and oxygen atoms in total. The molecule has 1 heterocycles.